The van der Waals surface area contributed by atoms with Crippen LogP contribution in [0.15, 0.2) is 0 Å². The van der Waals surface area contributed by atoms with Gasteiger partial charge in [-0.2, -0.15) is 0 Å². The molecule has 26 heavy (non-hydrogen) atoms. The van der Waals surface area contributed by atoms with Gasteiger partial charge in [0, 0.05) is 25.3 Å². The lowest BCUT2D eigenvalue weighted by Gasteiger charge is -2.20. The number of primary amides is 2. The second-order valence-corrected chi connectivity index (χ2v) is 6.56. The molecular formula is C17H36N4O5. The zero-order valence-corrected chi connectivity index (χ0v) is 16.8. The van der Waals surface area contributed by atoms with Gasteiger partial charge >= 0.3 is 5.97 Å². The predicted octanol–water partition coefficient (Wildman–Crippen LogP) is 0.493. The molecule has 154 valence electrons. The maximum Gasteiger partial charge on any atom is 0.303 e. The number of carboxylic acids is 1. The van der Waals surface area contributed by atoms with Crippen molar-refractivity contribution in [1.29, 1.82) is 0 Å². The first kappa shape index (κ1) is 28.6. The van der Waals surface area contributed by atoms with E-state index in [0.29, 0.717) is 12.8 Å². The number of carbonyl (C=O) groups is 4. The van der Waals surface area contributed by atoms with Gasteiger partial charge in [0.2, 0.25) is 17.7 Å². The summed E-state index contributed by atoms with van der Waals surface area (Å²) in [4.78, 5) is 41.0. The summed E-state index contributed by atoms with van der Waals surface area (Å²) in [5, 5.41) is 10.9. The average molecular weight is 376 g/mol. The molecule has 0 radical (unpaired) electrons. The van der Waals surface area contributed by atoms with E-state index in [1.807, 2.05) is 27.7 Å². The first-order valence-corrected chi connectivity index (χ1v) is 8.55. The number of nitrogens with one attached hydrogen (secondary N) is 1. The number of hydrogen-bond donors (Lipinski definition) is 5. The highest BCUT2D eigenvalue weighted by Gasteiger charge is 2.20. The summed E-state index contributed by atoms with van der Waals surface area (Å²) < 4.78 is 0. The van der Waals surface area contributed by atoms with Crippen LogP contribution in [-0.2, 0) is 19.2 Å². The normalized spacial score (nSPS) is 13.1. The molecule has 0 aromatic carbocycles. The van der Waals surface area contributed by atoms with Gasteiger partial charge in [-0.25, -0.2) is 0 Å². The monoisotopic (exact) mass is 376 g/mol. The van der Waals surface area contributed by atoms with E-state index < -0.39 is 17.9 Å². The quantitative estimate of drug-likeness (QED) is 0.411. The fraction of sp³-hybridized carbons (Fsp3) is 0.765. The highest BCUT2D eigenvalue weighted by molar-refractivity contribution is 5.86. The van der Waals surface area contributed by atoms with E-state index in [2.05, 4.69) is 11.1 Å². The minimum atomic E-state index is -0.773. The van der Waals surface area contributed by atoms with Gasteiger partial charge in [-0.15, -0.1) is 0 Å². The number of hydrogen-bond acceptors (Lipinski definition) is 5. The molecule has 0 aliphatic heterocycles. The van der Waals surface area contributed by atoms with Gasteiger partial charge in [0.05, 0.1) is 0 Å². The minimum absolute atomic E-state index is 0.0398. The molecule has 0 saturated heterocycles. The largest absolute Gasteiger partial charge is 0.481 e. The maximum absolute atomic E-state index is 10.9. The molecule has 9 nitrogen and oxygen atoms in total. The van der Waals surface area contributed by atoms with Crippen molar-refractivity contribution in [3.63, 3.8) is 0 Å². The number of rotatable bonds is 8. The number of carbonyl (C=O) groups excluding carboxylic acids is 3. The van der Waals surface area contributed by atoms with Crippen LogP contribution < -0.4 is 22.5 Å². The Bertz CT molecular complexity index is 446. The van der Waals surface area contributed by atoms with Crippen molar-refractivity contribution in [1.82, 2.24) is 5.32 Å². The van der Waals surface area contributed by atoms with E-state index in [4.69, 9.17) is 16.6 Å². The van der Waals surface area contributed by atoms with Crippen molar-refractivity contribution < 1.29 is 24.3 Å². The minimum Gasteiger partial charge on any atom is -0.481 e. The Labute approximate surface area is 156 Å². The molecule has 3 amide bonds. The molecule has 0 heterocycles. The van der Waals surface area contributed by atoms with Crippen molar-refractivity contribution in [3.8, 4) is 0 Å². The lowest BCUT2D eigenvalue weighted by molar-refractivity contribution is -0.137. The van der Waals surface area contributed by atoms with Gasteiger partial charge in [0.1, 0.15) is 6.04 Å². The van der Waals surface area contributed by atoms with Crippen LogP contribution in [0.5, 0.6) is 0 Å². The molecule has 0 aliphatic carbocycles. The van der Waals surface area contributed by atoms with E-state index >= 15 is 0 Å². The highest BCUT2D eigenvalue weighted by atomic mass is 16.4. The Morgan fingerprint density at radius 3 is 1.77 bits per heavy atom. The summed E-state index contributed by atoms with van der Waals surface area (Å²) in [6, 6.07) is -0.544. The zero-order valence-electron chi connectivity index (χ0n) is 16.8. The SMILES string of the molecule is CC(N)=O.CCC(=O)NC(C(N)=O)C(C)C.CCC(C)(N)CCC(=O)O. The summed E-state index contributed by atoms with van der Waals surface area (Å²) >= 11 is 0. The molecule has 0 bridgehead atoms. The van der Waals surface area contributed by atoms with Crippen LogP contribution in [0.25, 0.3) is 0 Å². The Morgan fingerprint density at radius 2 is 1.54 bits per heavy atom. The second-order valence-electron chi connectivity index (χ2n) is 6.56. The van der Waals surface area contributed by atoms with Crippen LogP contribution in [0.3, 0.4) is 0 Å². The third kappa shape index (κ3) is 21.8. The molecule has 2 atom stereocenters. The fourth-order valence-electron chi connectivity index (χ4n) is 1.41. The number of amides is 3. The van der Waals surface area contributed by atoms with Crippen molar-refractivity contribution >= 4 is 23.7 Å². The van der Waals surface area contributed by atoms with Crippen molar-refractivity contribution in [2.75, 3.05) is 0 Å². The van der Waals surface area contributed by atoms with Gasteiger partial charge in [0.25, 0.3) is 0 Å². The molecule has 9 heteroatoms. The molecule has 0 aromatic heterocycles. The van der Waals surface area contributed by atoms with E-state index in [1.165, 1.54) is 6.92 Å². The lowest BCUT2D eigenvalue weighted by Crippen LogP contribution is -2.47. The maximum atomic E-state index is 10.9. The zero-order chi connectivity index (χ0) is 21.5. The molecule has 8 N–H and O–H groups in total. The number of aliphatic carboxylic acids is 1. The van der Waals surface area contributed by atoms with Crippen LogP contribution in [0.1, 0.15) is 67.2 Å². The van der Waals surface area contributed by atoms with Crippen molar-refractivity contribution in [3.05, 3.63) is 0 Å². The smallest absolute Gasteiger partial charge is 0.303 e. The average Bonchev–Trinajstić information content (AvgIpc) is 2.50. The predicted molar refractivity (Wildman–Crippen MR) is 101 cm³/mol. The molecule has 2 unspecified atom stereocenters. The molecular weight excluding hydrogens is 340 g/mol. The Kier molecular flexibility index (Phi) is 16.7. The first-order chi connectivity index (χ1) is 11.7. The summed E-state index contributed by atoms with van der Waals surface area (Å²) in [7, 11) is 0. The highest BCUT2D eigenvalue weighted by Crippen LogP contribution is 2.12. The Morgan fingerprint density at radius 1 is 1.12 bits per heavy atom. The van der Waals surface area contributed by atoms with Crippen LogP contribution >= 0.6 is 0 Å². The lowest BCUT2D eigenvalue weighted by atomic mass is 9.94. The summed E-state index contributed by atoms with van der Waals surface area (Å²) in [6.07, 6.45) is 1.91. The third-order valence-electron chi connectivity index (χ3n) is 3.33. The van der Waals surface area contributed by atoms with Crippen LogP contribution in [0, 0.1) is 5.92 Å². The molecule has 0 fully saturated rings. The standard InChI is InChI=1S/C8H16N2O2.C7H15NO2.C2H5NO/c1-4-6(11)10-7(5(2)3)8(9)12;1-3-7(2,8)5-4-6(9)10;1-2(3)4/h5,7H,4H2,1-3H3,(H2,9,12)(H,10,11);3-5,8H2,1-2H3,(H,9,10);1H3,(H2,3,4). The molecule has 0 aromatic rings. The number of carboxylic acid groups (broad SMARTS) is 1. The summed E-state index contributed by atoms with van der Waals surface area (Å²) in [5.74, 6) is -1.69. The third-order valence-corrected chi connectivity index (χ3v) is 3.33. The van der Waals surface area contributed by atoms with E-state index in [-0.39, 0.29) is 29.7 Å². The van der Waals surface area contributed by atoms with E-state index in [0.717, 1.165) is 6.42 Å². The Balaban J connectivity index is -0.000000341. The van der Waals surface area contributed by atoms with Gasteiger partial charge in [-0.1, -0.05) is 27.7 Å². The second kappa shape index (κ2) is 15.1. The van der Waals surface area contributed by atoms with Gasteiger partial charge < -0.3 is 27.6 Å². The van der Waals surface area contributed by atoms with Crippen LogP contribution in [0.4, 0.5) is 0 Å². The summed E-state index contributed by atoms with van der Waals surface area (Å²) in [5.41, 5.74) is 15.0. The van der Waals surface area contributed by atoms with Gasteiger partial charge in [0.15, 0.2) is 0 Å². The topological polar surface area (TPSA) is 179 Å². The molecule has 0 saturated carbocycles. The van der Waals surface area contributed by atoms with Crippen molar-refractivity contribution in [2.45, 2.75) is 78.8 Å². The summed E-state index contributed by atoms with van der Waals surface area (Å²) in [6.45, 7) is 10.5. The van der Waals surface area contributed by atoms with Gasteiger partial charge in [-0.05, 0) is 25.7 Å². The molecule has 0 aliphatic rings. The van der Waals surface area contributed by atoms with E-state index in [9.17, 15) is 19.2 Å². The Hall–Kier alpha value is -2.16. The fourth-order valence-corrected chi connectivity index (χ4v) is 1.41. The van der Waals surface area contributed by atoms with E-state index in [1.54, 1.807) is 6.92 Å². The molecule has 0 spiro atoms. The van der Waals surface area contributed by atoms with Crippen LogP contribution in [-0.4, -0.2) is 40.4 Å². The van der Waals surface area contributed by atoms with Crippen molar-refractivity contribution in [2.24, 2.45) is 23.1 Å². The van der Waals surface area contributed by atoms with Crippen LogP contribution in [0.2, 0.25) is 0 Å². The molecule has 0 rings (SSSR count). The first-order valence-electron chi connectivity index (χ1n) is 8.55. The number of nitrogens with two attached hydrogens (primary N) is 3. The van der Waals surface area contributed by atoms with Gasteiger partial charge in [-0.3, -0.25) is 19.2 Å².